The Morgan fingerprint density at radius 2 is 1.85 bits per heavy atom. The van der Waals surface area contributed by atoms with Gasteiger partial charge in [0.2, 0.25) is 6.79 Å². The van der Waals surface area contributed by atoms with E-state index in [4.69, 9.17) is 13.9 Å². The Morgan fingerprint density at radius 3 is 2.62 bits per heavy atom. The van der Waals surface area contributed by atoms with E-state index >= 15 is 0 Å². The third kappa shape index (κ3) is 3.47. The van der Waals surface area contributed by atoms with Crippen molar-refractivity contribution in [1.29, 1.82) is 0 Å². The van der Waals surface area contributed by atoms with Gasteiger partial charge < -0.3 is 18.8 Å². The topological polar surface area (TPSA) is 72.2 Å². The first-order valence-corrected chi connectivity index (χ1v) is 9.08. The molecule has 0 saturated carbocycles. The fourth-order valence-electron chi connectivity index (χ4n) is 3.10. The van der Waals surface area contributed by atoms with Gasteiger partial charge in [0.05, 0.1) is 5.56 Å². The fraction of sp³-hybridized carbons (Fsp3) is 0.333. The van der Waals surface area contributed by atoms with E-state index in [0.717, 1.165) is 36.7 Å². The zero-order chi connectivity index (χ0) is 18.1. The van der Waals surface area contributed by atoms with Gasteiger partial charge in [0.1, 0.15) is 10.7 Å². The van der Waals surface area contributed by atoms with Crippen molar-refractivity contribution < 1.29 is 18.7 Å². The van der Waals surface area contributed by atoms with Gasteiger partial charge in [-0.05, 0) is 39.7 Å². The molecule has 1 saturated heterocycles. The number of hydrogen-bond donors (Lipinski definition) is 0. The Kier molecular flexibility index (Phi) is 4.69. The lowest BCUT2D eigenvalue weighted by molar-refractivity contribution is 0.0625. The highest BCUT2D eigenvalue weighted by Gasteiger charge is 2.23. The molecule has 1 amide bonds. The number of ether oxygens (including phenoxy) is 2. The minimum Gasteiger partial charge on any atom is -0.454 e. The molecule has 1 fully saturated rings. The first-order chi connectivity index (χ1) is 12.6. The predicted octanol–water partition coefficient (Wildman–Crippen LogP) is 2.09. The van der Waals surface area contributed by atoms with Crippen LogP contribution in [0.4, 0.5) is 0 Å². The number of nitrogens with zero attached hydrogens (tertiary/aromatic N) is 2. The van der Waals surface area contributed by atoms with Gasteiger partial charge in [-0.2, -0.15) is 0 Å². The maximum Gasteiger partial charge on any atom is 0.350 e. The maximum absolute atomic E-state index is 12.6. The summed E-state index contributed by atoms with van der Waals surface area (Å²) in [6.45, 7) is 3.87. The summed E-state index contributed by atoms with van der Waals surface area (Å²) in [7, 11) is 0. The molecule has 26 heavy (non-hydrogen) atoms. The quantitative estimate of drug-likeness (QED) is 0.756. The molecule has 2 aliphatic rings. The molecular formula is C18H17BrN2O5. The largest absolute Gasteiger partial charge is 0.454 e. The van der Waals surface area contributed by atoms with Crippen molar-refractivity contribution >= 4 is 21.8 Å². The lowest BCUT2D eigenvalue weighted by Crippen LogP contribution is -2.48. The number of halogens is 1. The lowest BCUT2D eigenvalue weighted by Gasteiger charge is -2.34. The second-order valence-electron chi connectivity index (χ2n) is 6.23. The van der Waals surface area contributed by atoms with Crippen molar-refractivity contribution in [2.24, 2.45) is 0 Å². The highest BCUT2D eigenvalue weighted by Crippen LogP contribution is 2.32. The van der Waals surface area contributed by atoms with Crippen LogP contribution in [0.25, 0.3) is 0 Å². The van der Waals surface area contributed by atoms with Gasteiger partial charge in [0, 0.05) is 32.7 Å². The number of hydrogen-bond acceptors (Lipinski definition) is 6. The average molecular weight is 421 g/mol. The normalized spacial score (nSPS) is 16.7. The molecule has 0 radical (unpaired) electrons. The molecule has 136 valence electrons. The van der Waals surface area contributed by atoms with Crippen LogP contribution in [0, 0.1) is 0 Å². The summed E-state index contributed by atoms with van der Waals surface area (Å²) < 4.78 is 15.9. The van der Waals surface area contributed by atoms with Gasteiger partial charge in [0.25, 0.3) is 5.91 Å². The van der Waals surface area contributed by atoms with Crippen molar-refractivity contribution in [3.8, 4) is 11.5 Å². The molecule has 0 N–H and O–H groups in total. The summed E-state index contributed by atoms with van der Waals surface area (Å²) in [5, 5.41) is 0. The number of amides is 1. The minimum atomic E-state index is -0.491. The third-order valence-corrected chi connectivity index (χ3v) is 5.07. The van der Waals surface area contributed by atoms with Crippen LogP contribution in [0.5, 0.6) is 11.5 Å². The molecule has 1 aromatic heterocycles. The molecule has 7 nitrogen and oxygen atoms in total. The minimum absolute atomic E-state index is 0.128. The van der Waals surface area contributed by atoms with Crippen LogP contribution in [0.3, 0.4) is 0 Å². The van der Waals surface area contributed by atoms with Crippen LogP contribution >= 0.6 is 15.9 Å². The highest BCUT2D eigenvalue weighted by atomic mass is 79.9. The smallest absolute Gasteiger partial charge is 0.350 e. The Bertz CT molecular complexity index is 889. The fourth-order valence-corrected chi connectivity index (χ4v) is 3.44. The Labute approximate surface area is 158 Å². The monoisotopic (exact) mass is 420 g/mol. The predicted molar refractivity (Wildman–Crippen MR) is 96.4 cm³/mol. The molecule has 3 heterocycles. The summed E-state index contributed by atoms with van der Waals surface area (Å²) in [5.74, 6) is 1.44. The van der Waals surface area contributed by atoms with E-state index in [-0.39, 0.29) is 17.2 Å². The average Bonchev–Trinajstić information content (AvgIpc) is 3.12. The second-order valence-corrected chi connectivity index (χ2v) is 7.08. The van der Waals surface area contributed by atoms with Crippen LogP contribution in [0.1, 0.15) is 15.9 Å². The van der Waals surface area contributed by atoms with E-state index in [0.29, 0.717) is 18.7 Å². The van der Waals surface area contributed by atoms with Crippen molar-refractivity contribution in [1.82, 2.24) is 9.80 Å². The molecule has 0 spiro atoms. The van der Waals surface area contributed by atoms with Gasteiger partial charge in [-0.15, -0.1) is 0 Å². The van der Waals surface area contributed by atoms with E-state index in [1.807, 2.05) is 18.2 Å². The van der Waals surface area contributed by atoms with Crippen molar-refractivity contribution in [3.05, 3.63) is 56.5 Å². The SMILES string of the molecule is O=C(c1coc(=O)c(Br)c1)N1CCN(Cc2ccc3c(c2)OCO3)CC1. The Balaban J connectivity index is 1.35. The van der Waals surface area contributed by atoms with Gasteiger partial charge in [-0.25, -0.2) is 4.79 Å². The number of fused-ring (bicyclic) bond motifs is 1. The summed E-state index contributed by atoms with van der Waals surface area (Å²) in [4.78, 5) is 27.9. The van der Waals surface area contributed by atoms with E-state index < -0.39 is 5.63 Å². The standard InChI is InChI=1S/C18H17BrN2O5/c19-14-8-13(10-24-18(14)23)17(22)21-5-3-20(4-6-21)9-12-1-2-15-16(7-12)26-11-25-15/h1-2,7-8,10H,3-6,9,11H2. The van der Waals surface area contributed by atoms with Gasteiger partial charge in [-0.3, -0.25) is 9.69 Å². The van der Waals surface area contributed by atoms with Gasteiger partial charge in [-0.1, -0.05) is 6.07 Å². The van der Waals surface area contributed by atoms with Gasteiger partial charge >= 0.3 is 5.63 Å². The third-order valence-electron chi connectivity index (χ3n) is 4.52. The first-order valence-electron chi connectivity index (χ1n) is 8.29. The van der Waals surface area contributed by atoms with Crippen LogP contribution in [0.2, 0.25) is 0 Å². The zero-order valence-corrected chi connectivity index (χ0v) is 15.5. The molecule has 4 rings (SSSR count). The van der Waals surface area contributed by atoms with Crippen LogP contribution in [-0.4, -0.2) is 48.7 Å². The molecule has 0 atom stereocenters. The lowest BCUT2D eigenvalue weighted by atomic mass is 10.1. The van der Waals surface area contributed by atoms with E-state index in [9.17, 15) is 9.59 Å². The molecule has 0 aliphatic carbocycles. The first kappa shape index (κ1) is 17.1. The number of carbonyl (C=O) groups excluding carboxylic acids is 1. The van der Waals surface area contributed by atoms with Crippen molar-refractivity contribution in [2.45, 2.75) is 6.54 Å². The molecule has 8 heteroatoms. The second kappa shape index (κ2) is 7.13. The number of carbonyl (C=O) groups is 1. The molecule has 2 aliphatic heterocycles. The Hall–Kier alpha value is -2.32. The molecule has 0 bridgehead atoms. The van der Waals surface area contributed by atoms with E-state index in [2.05, 4.69) is 20.8 Å². The van der Waals surface area contributed by atoms with E-state index in [1.165, 1.54) is 12.3 Å². The molecular weight excluding hydrogens is 404 g/mol. The number of piperazine rings is 1. The summed E-state index contributed by atoms with van der Waals surface area (Å²) in [5.41, 5.74) is 1.04. The van der Waals surface area contributed by atoms with Crippen molar-refractivity contribution in [3.63, 3.8) is 0 Å². The zero-order valence-electron chi connectivity index (χ0n) is 13.9. The van der Waals surface area contributed by atoms with Crippen LogP contribution in [0.15, 0.2) is 44.2 Å². The highest BCUT2D eigenvalue weighted by molar-refractivity contribution is 9.10. The molecule has 0 unspecified atom stereocenters. The molecule has 2 aromatic rings. The number of rotatable bonds is 3. The Morgan fingerprint density at radius 1 is 1.08 bits per heavy atom. The van der Waals surface area contributed by atoms with E-state index in [1.54, 1.807) is 4.90 Å². The van der Waals surface area contributed by atoms with Crippen LogP contribution in [-0.2, 0) is 6.54 Å². The van der Waals surface area contributed by atoms with Crippen LogP contribution < -0.4 is 15.1 Å². The van der Waals surface area contributed by atoms with Crippen molar-refractivity contribution in [2.75, 3.05) is 33.0 Å². The molecule has 1 aromatic carbocycles. The summed E-state index contributed by atoms with van der Waals surface area (Å²) in [6, 6.07) is 7.48. The number of benzene rings is 1. The summed E-state index contributed by atoms with van der Waals surface area (Å²) in [6.07, 6.45) is 1.22. The maximum atomic E-state index is 12.6. The summed E-state index contributed by atoms with van der Waals surface area (Å²) >= 11 is 3.10. The van der Waals surface area contributed by atoms with Gasteiger partial charge in [0.15, 0.2) is 11.5 Å².